The lowest BCUT2D eigenvalue weighted by molar-refractivity contribution is 0.696. The van der Waals surface area contributed by atoms with E-state index in [0.717, 1.165) is 0 Å². The maximum Gasteiger partial charge on any atom is 0.0146 e. The fourth-order valence-electron chi connectivity index (χ4n) is 5.77. The van der Waals surface area contributed by atoms with Crippen LogP contribution >= 0.6 is 15.8 Å². The molecule has 0 radical (unpaired) electrons. The van der Waals surface area contributed by atoms with E-state index in [0.29, 0.717) is 5.92 Å². The monoisotopic (exact) mass is 512 g/mol. The first-order valence-corrected chi connectivity index (χ1v) is 16.0. The first-order valence-electron chi connectivity index (χ1n) is 13.1. The number of hydrogen-bond donors (Lipinski definition) is 0. The van der Waals surface area contributed by atoms with Crippen LogP contribution in [0.5, 0.6) is 0 Å². The first kappa shape index (κ1) is 27.0. The van der Waals surface area contributed by atoms with E-state index >= 15 is 0 Å². The highest BCUT2D eigenvalue weighted by Crippen LogP contribution is 2.64. The molecule has 0 heterocycles. The molecule has 0 N–H and O–H groups in total. The quantitative estimate of drug-likeness (QED) is 0.289. The predicted octanol–water partition coefficient (Wildman–Crippen LogP) is 9.41. The Morgan fingerprint density at radius 2 is 1.11 bits per heavy atom. The molecule has 0 saturated heterocycles. The van der Waals surface area contributed by atoms with Gasteiger partial charge in [0.25, 0.3) is 0 Å². The molecule has 1 aliphatic rings. The van der Waals surface area contributed by atoms with Gasteiger partial charge in [-0.15, -0.1) is 0 Å². The van der Waals surface area contributed by atoms with Gasteiger partial charge in [0.2, 0.25) is 0 Å². The van der Waals surface area contributed by atoms with E-state index in [9.17, 15) is 0 Å². The summed E-state index contributed by atoms with van der Waals surface area (Å²) >= 11 is 0. The smallest absolute Gasteiger partial charge is 0.0146 e. The Hall–Kier alpha value is -2.00. The van der Waals surface area contributed by atoms with Gasteiger partial charge in [0.15, 0.2) is 0 Å². The number of benzene rings is 3. The second kappa shape index (κ2) is 10.8. The highest BCUT2D eigenvalue weighted by atomic mass is 31.1. The summed E-state index contributed by atoms with van der Waals surface area (Å²) in [4.78, 5) is 0. The lowest BCUT2D eigenvalue weighted by atomic mass is 9.94. The van der Waals surface area contributed by atoms with Gasteiger partial charge in [-0.2, -0.15) is 0 Å². The van der Waals surface area contributed by atoms with Gasteiger partial charge in [-0.25, -0.2) is 0 Å². The highest BCUT2D eigenvalue weighted by Gasteiger charge is 2.40. The summed E-state index contributed by atoms with van der Waals surface area (Å²) in [7, 11) is -0.853. The molecule has 1 atom stereocenters. The molecule has 0 nitrogen and oxygen atoms in total. The van der Waals surface area contributed by atoms with Gasteiger partial charge in [-0.05, 0) is 65.3 Å². The number of hydrogen-bond acceptors (Lipinski definition) is 0. The summed E-state index contributed by atoms with van der Waals surface area (Å²) in [5.74, 6) is 0.433. The van der Waals surface area contributed by atoms with E-state index in [1.54, 1.807) is 5.31 Å². The van der Waals surface area contributed by atoms with Crippen molar-refractivity contribution in [2.24, 2.45) is 5.92 Å². The largest absolute Gasteiger partial charge is 0.0947 e. The summed E-state index contributed by atoms with van der Waals surface area (Å²) in [6.45, 7) is 19.2. The zero-order valence-corrected chi connectivity index (χ0v) is 25.1. The lowest BCUT2D eigenvalue weighted by Gasteiger charge is -2.44. The number of aryl methyl sites for hydroxylation is 2. The van der Waals surface area contributed by atoms with E-state index in [2.05, 4.69) is 146 Å². The fraction of sp³-hybridized carbons (Fsp3) is 0.353. The normalized spacial score (nSPS) is 16.4. The highest BCUT2D eigenvalue weighted by molar-refractivity contribution is 7.77. The first-order chi connectivity index (χ1) is 16.9. The third-order valence-corrected chi connectivity index (χ3v) is 13.6. The average Bonchev–Trinajstić information content (AvgIpc) is 3.20. The van der Waals surface area contributed by atoms with Crippen molar-refractivity contribution in [2.75, 3.05) is 6.16 Å². The average molecular weight is 513 g/mol. The van der Waals surface area contributed by atoms with Crippen molar-refractivity contribution in [1.29, 1.82) is 0 Å². The summed E-state index contributed by atoms with van der Waals surface area (Å²) in [6.07, 6.45) is 6.17. The molecule has 1 unspecified atom stereocenters. The molecule has 0 saturated carbocycles. The zero-order valence-electron chi connectivity index (χ0n) is 23.3. The van der Waals surface area contributed by atoms with Gasteiger partial charge in [0.05, 0.1) is 0 Å². The Balaban J connectivity index is 1.86. The Morgan fingerprint density at radius 3 is 1.56 bits per heavy atom. The minimum Gasteiger partial charge on any atom is -0.0947 e. The van der Waals surface area contributed by atoms with Crippen LogP contribution in [0.3, 0.4) is 0 Å². The Labute approximate surface area is 222 Å². The lowest BCUT2D eigenvalue weighted by Crippen LogP contribution is -2.29. The molecule has 0 spiro atoms. The molecule has 2 heteroatoms. The zero-order chi connectivity index (χ0) is 26.1. The molecule has 0 aromatic heterocycles. The summed E-state index contributed by atoms with van der Waals surface area (Å²) in [5.41, 5.74) is 5.61. The Morgan fingerprint density at radius 1 is 0.639 bits per heavy atom. The van der Waals surface area contributed by atoms with Crippen molar-refractivity contribution in [2.45, 2.75) is 65.7 Å². The second-order valence-electron chi connectivity index (χ2n) is 12.1. The molecule has 188 valence electrons. The van der Waals surface area contributed by atoms with Crippen LogP contribution in [0.4, 0.5) is 0 Å². The Kier molecular flexibility index (Phi) is 8.10. The molecule has 0 aliphatic heterocycles. The minimum absolute atomic E-state index is 0.247. The third-order valence-electron chi connectivity index (χ3n) is 6.99. The summed E-state index contributed by atoms with van der Waals surface area (Å²) < 4.78 is 0. The minimum atomic E-state index is -0.607. The fourth-order valence-corrected chi connectivity index (χ4v) is 12.4. The van der Waals surface area contributed by atoms with Crippen molar-refractivity contribution in [3.8, 4) is 0 Å². The van der Waals surface area contributed by atoms with E-state index in [-0.39, 0.29) is 18.2 Å². The van der Waals surface area contributed by atoms with Crippen LogP contribution in [0.15, 0.2) is 96.3 Å². The molecular formula is C34H42P2. The van der Waals surface area contributed by atoms with Crippen molar-refractivity contribution >= 4 is 32.0 Å². The van der Waals surface area contributed by atoms with Gasteiger partial charge in [-0.1, -0.05) is 152 Å². The predicted molar refractivity (Wildman–Crippen MR) is 166 cm³/mol. The molecule has 0 bridgehead atoms. The van der Waals surface area contributed by atoms with E-state index in [1.165, 1.54) is 39.0 Å². The van der Waals surface area contributed by atoms with Gasteiger partial charge in [0, 0.05) is 5.92 Å². The maximum absolute atomic E-state index is 2.49. The van der Waals surface area contributed by atoms with Crippen LogP contribution in [-0.2, 0) is 0 Å². The summed E-state index contributed by atoms with van der Waals surface area (Å²) in [6, 6.07) is 29.5. The van der Waals surface area contributed by atoms with Crippen LogP contribution in [0.2, 0.25) is 0 Å². The number of rotatable bonds is 6. The second-order valence-corrected chi connectivity index (χ2v) is 18.2. The van der Waals surface area contributed by atoms with Crippen LogP contribution in [0.1, 0.15) is 58.2 Å². The van der Waals surface area contributed by atoms with Gasteiger partial charge >= 0.3 is 0 Å². The van der Waals surface area contributed by atoms with Crippen molar-refractivity contribution in [1.82, 2.24) is 0 Å². The maximum atomic E-state index is 2.49. The van der Waals surface area contributed by atoms with E-state index < -0.39 is 7.92 Å². The van der Waals surface area contributed by atoms with Crippen LogP contribution < -0.4 is 10.6 Å². The van der Waals surface area contributed by atoms with Crippen LogP contribution in [0, 0.1) is 19.8 Å². The molecule has 3 aromatic rings. The van der Waals surface area contributed by atoms with Gasteiger partial charge in [0.1, 0.15) is 0 Å². The van der Waals surface area contributed by atoms with Crippen molar-refractivity contribution in [3.63, 3.8) is 0 Å². The van der Waals surface area contributed by atoms with Gasteiger partial charge in [-0.3, -0.25) is 0 Å². The SMILES string of the molecule is Cc1cc(C)cc(C2=CC=C(P(c3ccccc3)c3ccccc3)C2CP(C(C)(C)C)C(C)(C)C)c1. The van der Waals surface area contributed by atoms with E-state index in [1.807, 2.05) is 0 Å². The molecule has 1 aliphatic carbocycles. The molecule has 0 fully saturated rings. The topological polar surface area (TPSA) is 0 Å². The standard InChI is InChI=1S/C34H42P2/c1-25-21-26(2)23-27(22-25)30-19-20-32(31(30)24-35(33(3,4)5)34(6,7)8)36(28-15-11-9-12-16-28)29-17-13-10-14-18-29/h9-23,31H,24H2,1-8H3. The van der Waals surface area contributed by atoms with Crippen molar-refractivity contribution in [3.05, 3.63) is 113 Å². The number of allylic oxidation sites excluding steroid dienone is 4. The molecule has 4 rings (SSSR count). The third kappa shape index (κ3) is 6.10. The van der Waals surface area contributed by atoms with Crippen LogP contribution in [-0.4, -0.2) is 16.5 Å². The van der Waals surface area contributed by atoms with Gasteiger partial charge < -0.3 is 0 Å². The van der Waals surface area contributed by atoms with Crippen LogP contribution in [0.25, 0.3) is 5.57 Å². The molecule has 0 amide bonds. The van der Waals surface area contributed by atoms with Crippen molar-refractivity contribution < 1.29 is 0 Å². The molecule has 3 aromatic carbocycles. The molecule has 36 heavy (non-hydrogen) atoms. The Bertz CT molecular complexity index is 1160. The molecular weight excluding hydrogens is 470 g/mol. The van der Waals surface area contributed by atoms with E-state index in [4.69, 9.17) is 0 Å². The summed E-state index contributed by atoms with van der Waals surface area (Å²) in [5, 5.41) is 5.08.